The second kappa shape index (κ2) is 5.07. The van der Waals surface area contributed by atoms with Gasteiger partial charge in [0.05, 0.1) is 0 Å². The molecule has 2 rings (SSSR count). The molecule has 1 aliphatic heterocycles. The number of rotatable bonds is 5. The molecule has 0 aromatic rings. The van der Waals surface area contributed by atoms with Gasteiger partial charge in [0.15, 0.2) is 0 Å². The van der Waals surface area contributed by atoms with Crippen molar-refractivity contribution in [1.29, 1.82) is 0 Å². The summed E-state index contributed by atoms with van der Waals surface area (Å²) in [5.74, 6) is 0.724. The Morgan fingerprint density at radius 2 is 2.06 bits per heavy atom. The second-order valence-corrected chi connectivity index (χ2v) is 5.50. The molecule has 4 nitrogen and oxygen atoms in total. The van der Waals surface area contributed by atoms with Crippen LogP contribution in [0.25, 0.3) is 0 Å². The van der Waals surface area contributed by atoms with Crippen molar-refractivity contribution in [2.45, 2.75) is 39.0 Å². The zero-order valence-electron chi connectivity index (χ0n) is 10.4. The zero-order valence-corrected chi connectivity index (χ0v) is 10.4. The van der Waals surface area contributed by atoms with Gasteiger partial charge in [-0.25, -0.2) is 0 Å². The van der Waals surface area contributed by atoms with E-state index in [2.05, 4.69) is 0 Å². The van der Waals surface area contributed by atoms with Crippen LogP contribution < -0.4 is 0 Å². The fourth-order valence-electron chi connectivity index (χ4n) is 2.68. The van der Waals surface area contributed by atoms with E-state index >= 15 is 0 Å². The lowest BCUT2D eigenvalue weighted by molar-refractivity contribution is -0.137. The normalized spacial score (nSPS) is 25.9. The first-order chi connectivity index (χ1) is 8.08. The highest BCUT2D eigenvalue weighted by molar-refractivity contribution is 5.79. The molecule has 96 valence electrons. The summed E-state index contributed by atoms with van der Waals surface area (Å²) < 4.78 is 0. The van der Waals surface area contributed by atoms with Crippen molar-refractivity contribution in [3.05, 3.63) is 0 Å². The molecule has 1 amide bonds. The summed E-state index contributed by atoms with van der Waals surface area (Å²) in [7, 11) is 0. The molecule has 1 aliphatic carbocycles. The van der Waals surface area contributed by atoms with E-state index in [1.54, 1.807) is 0 Å². The summed E-state index contributed by atoms with van der Waals surface area (Å²) in [6.07, 6.45) is 4.30. The fourth-order valence-corrected chi connectivity index (χ4v) is 2.68. The molecule has 0 spiro atoms. The lowest BCUT2D eigenvalue weighted by atomic mass is 10.0. The number of likely N-dealkylation sites (tertiary alicyclic amines) is 1. The van der Waals surface area contributed by atoms with Crippen molar-refractivity contribution in [3.8, 4) is 0 Å². The summed E-state index contributed by atoms with van der Waals surface area (Å²) >= 11 is 0. The van der Waals surface area contributed by atoms with Gasteiger partial charge in [-0.05, 0) is 37.5 Å². The van der Waals surface area contributed by atoms with Crippen LogP contribution in [0, 0.1) is 17.8 Å². The van der Waals surface area contributed by atoms with Gasteiger partial charge in [0.1, 0.15) is 0 Å². The van der Waals surface area contributed by atoms with Crippen LogP contribution in [0.2, 0.25) is 0 Å². The highest BCUT2D eigenvalue weighted by Gasteiger charge is 2.37. The first-order valence-electron chi connectivity index (χ1n) is 6.58. The number of carbonyl (C=O) groups is 2. The largest absolute Gasteiger partial charge is 0.481 e. The molecule has 2 aliphatic rings. The van der Waals surface area contributed by atoms with Crippen molar-refractivity contribution in [2.24, 2.45) is 17.8 Å². The zero-order chi connectivity index (χ0) is 12.4. The van der Waals surface area contributed by atoms with Gasteiger partial charge in [0.25, 0.3) is 0 Å². The van der Waals surface area contributed by atoms with E-state index in [0.29, 0.717) is 18.3 Å². The van der Waals surface area contributed by atoms with Crippen LogP contribution in [-0.4, -0.2) is 35.0 Å². The number of carboxylic acid groups (broad SMARTS) is 1. The van der Waals surface area contributed by atoms with Crippen molar-refractivity contribution >= 4 is 11.9 Å². The maximum atomic E-state index is 12.1. The van der Waals surface area contributed by atoms with Gasteiger partial charge in [-0.2, -0.15) is 0 Å². The van der Waals surface area contributed by atoms with Crippen LogP contribution in [-0.2, 0) is 9.59 Å². The fraction of sp³-hybridized carbons (Fsp3) is 0.846. The maximum absolute atomic E-state index is 12.1. The molecule has 2 unspecified atom stereocenters. The molecular formula is C13H21NO3. The molecule has 17 heavy (non-hydrogen) atoms. The van der Waals surface area contributed by atoms with Crippen molar-refractivity contribution in [1.82, 2.24) is 4.90 Å². The van der Waals surface area contributed by atoms with E-state index in [1.165, 1.54) is 12.8 Å². The van der Waals surface area contributed by atoms with E-state index in [9.17, 15) is 9.59 Å². The van der Waals surface area contributed by atoms with Crippen LogP contribution in [0.15, 0.2) is 0 Å². The van der Waals surface area contributed by atoms with Crippen LogP contribution in [0.4, 0.5) is 0 Å². The lowest BCUT2D eigenvalue weighted by Crippen LogP contribution is -2.34. The highest BCUT2D eigenvalue weighted by Crippen LogP contribution is 2.38. The molecule has 0 aromatic heterocycles. The quantitative estimate of drug-likeness (QED) is 0.795. The predicted molar refractivity (Wildman–Crippen MR) is 63.4 cm³/mol. The van der Waals surface area contributed by atoms with Crippen molar-refractivity contribution in [2.75, 3.05) is 13.1 Å². The van der Waals surface area contributed by atoms with Crippen LogP contribution in [0.3, 0.4) is 0 Å². The van der Waals surface area contributed by atoms with Crippen LogP contribution >= 0.6 is 0 Å². The number of amides is 1. The summed E-state index contributed by atoms with van der Waals surface area (Å²) in [6.45, 7) is 3.62. The number of carbonyl (C=O) groups excluding carboxylic acids is 1. The van der Waals surface area contributed by atoms with Gasteiger partial charge < -0.3 is 10.0 Å². The Hall–Kier alpha value is -1.06. The van der Waals surface area contributed by atoms with E-state index in [4.69, 9.17) is 5.11 Å². The molecule has 2 fully saturated rings. The standard InChI is InChI=1S/C13H21NO3/c1-9(11-3-4-11)13(17)14-7-6-10(8-14)2-5-12(15)16/h9-11H,2-8H2,1H3,(H,15,16). The number of aliphatic carboxylic acids is 1. The summed E-state index contributed by atoms with van der Waals surface area (Å²) in [5, 5.41) is 8.64. The molecule has 0 bridgehead atoms. The Morgan fingerprint density at radius 1 is 1.35 bits per heavy atom. The summed E-state index contributed by atoms with van der Waals surface area (Å²) in [4.78, 5) is 24.6. The molecule has 1 saturated carbocycles. The minimum Gasteiger partial charge on any atom is -0.481 e. The Bertz CT molecular complexity index is 312. The predicted octanol–water partition coefficient (Wildman–Crippen LogP) is 1.75. The summed E-state index contributed by atoms with van der Waals surface area (Å²) in [5.41, 5.74) is 0. The molecular weight excluding hydrogens is 218 g/mol. The third-order valence-corrected chi connectivity index (χ3v) is 4.08. The number of nitrogens with zero attached hydrogens (tertiary/aromatic N) is 1. The molecule has 1 heterocycles. The van der Waals surface area contributed by atoms with Gasteiger partial charge in [-0.1, -0.05) is 6.92 Å². The van der Waals surface area contributed by atoms with Crippen molar-refractivity contribution in [3.63, 3.8) is 0 Å². The van der Waals surface area contributed by atoms with E-state index in [-0.39, 0.29) is 18.2 Å². The molecule has 0 aromatic carbocycles. The van der Waals surface area contributed by atoms with Gasteiger partial charge in [0, 0.05) is 25.4 Å². The van der Waals surface area contributed by atoms with E-state index < -0.39 is 5.97 Å². The monoisotopic (exact) mass is 239 g/mol. The Labute approximate surface area is 102 Å². The number of carboxylic acids is 1. The Morgan fingerprint density at radius 3 is 2.65 bits per heavy atom. The Balaban J connectivity index is 1.76. The summed E-state index contributed by atoms with van der Waals surface area (Å²) in [6, 6.07) is 0. The lowest BCUT2D eigenvalue weighted by Gasteiger charge is -2.20. The van der Waals surface area contributed by atoms with E-state index in [1.807, 2.05) is 11.8 Å². The Kier molecular flexibility index (Phi) is 3.69. The van der Waals surface area contributed by atoms with Gasteiger partial charge in [-0.3, -0.25) is 9.59 Å². The smallest absolute Gasteiger partial charge is 0.303 e. The van der Waals surface area contributed by atoms with Crippen molar-refractivity contribution < 1.29 is 14.7 Å². The van der Waals surface area contributed by atoms with Gasteiger partial charge >= 0.3 is 5.97 Å². The average molecular weight is 239 g/mol. The number of hydrogen-bond acceptors (Lipinski definition) is 2. The number of hydrogen-bond donors (Lipinski definition) is 1. The molecule has 0 radical (unpaired) electrons. The highest BCUT2D eigenvalue weighted by atomic mass is 16.4. The topological polar surface area (TPSA) is 57.6 Å². The third kappa shape index (κ3) is 3.20. The molecule has 4 heteroatoms. The minimum absolute atomic E-state index is 0.174. The molecule has 1 saturated heterocycles. The first-order valence-corrected chi connectivity index (χ1v) is 6.58. The van der Waals surface area contributed by atoms with Gasteiger partial charge in [-0.15, -0.1) is 0 Å². The first kappa shape index (κ1) is 12.4. The van der Waals surface area contributed by atoms with Crippen LogP contribution in [0.5, 0.6) is 0 Å². The third-order valence-electron chi connectivity index (χ3n) is 4.08. The van der Waals surface area contributed by atoms with Crippen LogP contribution in [0.1, 0.15) is 39.0 Å². The SMILES string of the molecule is CC(C(=O)N1CCC(CCC(=O)O)C1)C1CC1. The van der Waals surface area contributed by atoms with E-state index in [0.717, 1.165) is 19.5 Å². The minimum atomic E-state index is -0.735. The molecule has 1 N–H and O–H groups in total. The van der Waals surface area contributed by atoms with Gasteiger partial charge in [0.2, 0.25) is 5.91 Å². The average Bonchev–Trinajstić information content (AvgIpc) is 3.03. The molecule has 2 atom stereocenters. The second-order valence-electron chi connectivity index (χ2n) is 5.50. The maximum Gasteiger partial charge on any atom is 0.303 e.